The molecule has 0 radical (unpaired) electrons. The van der Waals surface area contributed by atoms with Crippen LogP contribution in [0.1, 0.15) is 18.1 Å². The van der Waals surface area contributed by atoms with Gasteiger partial charge in [-0.15, -0.1) is 0 Å². The highest BCUT2D eigenvalue weighted by atomic mass is 32.2. The zero-order chi connectivity index (χ0) is 22.5. The summed E-state index contributed by atoms with van der Waals surface area (Å²) in [5, 5.41) is 2.51. The van der Waals surface area contributed by atoms with Crippen molar-refractivity contribution in [2.24, 2.45) is 0 Å². The first-order valence-electron chi connectivity index (χ1n) is 9.33. The second-order valence-electron chi connectivity index (χ2n) is 7.05. The topological polar surface area (TPSA) is 86.8 Å². The monoisotopic (exact) mass is 435 g/mol. The van der Waals surface area contributed by atoms with Crippen molar-refractivity contribution in [1.29, 1.82) is 0 Å². The number of hydrogen-bond donors (Lipinski definition) is 1. The molecule has 0 saturated carbocycles. The van der Waals surface area contributed by atoms with Gasteiger partial charge in [-0.2, -0.15) is 0 Å². The van der Waals surface area contributed by atoms with Crippen LogP contribution < -0.4 is 9.62 Å². The maximum absolute atomic E-state index is 13.3. The van der Waals surface area contributed by atoms with Crippen LogP contribution in [-0.2, 0) is 26.2 Å². The summed E-state index contributed by atoms with van der Waals surface area (Å²) < 4.78 is 38.8. The van der Waals surface area contributed by atoms with Crippen LogP contribution in [0.2, 0.25) is 0 Å². The molecule has 0 bridgehead atoms. The molecule has 162 valence electrons. The van der Waals surface area contributed by atoms with E-state index in [1.54, 1.807) is 6.92 Å². The van der Waals surface area contributed by atoms with Crippen LogP contribution in [0.15, 0.2) is 48.5 Å². The fraction of sp³-hybridized carbons (Fsp3) is 0.333. The quantitative estimate of drug-likeness (QED) is 0.688. The van der Waals surface area contributed by atoms with Gasteiger partial charge in [-0.3, -0.25) is 13.9 Å². The number of sulfonamides is 1. The third kappa shape index (κ3) is 6.03. The van der Waals surface area contributed by atoms with Crippen LogP contribution in [0.25, 0.3) is 0 Å². The molecule has 0 heterocycles. The Balaban J connectivity index is 2.36. The van der Waals surface area contributed by atoms with Gasteiger partial charge in [-0.05, 0) is 43.7 Å². The van der Waals surface area contributed by atoms with Crippen LogP contribution in [0.5, 0.6) is 0 Å². The maximum atomic E-state index is 13.3. The van der Waals surface area contributed by atoms with Gasteiger partial charge in [0.15, 0.2) is 0 Å². The van der Waals surface area contributed by atoms with E-state index in [1.165, 1.54) is 24.1 Å². The summed E-state index contributed by atoms with van der Waals surface area (Å²) in [5.41, 5.74) is 1.97. The molecule has 0 fully saturated rings. The number of amides is 2. The smallest absolute Gasteiger partial charge is 0.244 e. The van der Waals surface area contributed by atoms with Gasteiger partial charge in [0, 0.05) is 13.6 Å². The van der Waals surface area contributed by atoms with E-state index in [0.29, 0.717) is 0 Å². The number of nitrogens with zero attached hydrogens (tertiary/aromatic N) is 2. The van der Waals surface area contributed by atoms with Gasteiger partial charge in [0.25, 0.3) is 0 Å². The highest BCUT2D eigenvalue weighted by Crippen LogP contribution is 2.19. The molecule has 0 aliphatic rings. The number of rotatable bonds is 8. The van der Waals surface area contributed by atoms with E-state index in [-0.39, 0.29) is 18.1 Å². The Morgan fingerprint density at radius 3 is 2.30 bits per heavy atom. The van der Waals surface area contributed by atoms with Crippen molar-refractivity contribution in [3.8, 4) is 0 Å². The molecule has 2 rings (SSSR count). The number of anilines is 1. The van der Waals surface area contributed by atoms with E-state index in [2.05, 4.69) is 5.32 Å². The number of aryl methyl sites for hydroxylation is 1. The van der Waals surface area contributed by atoms with E-state index < -0.39 is 34.3 Å². The lowest BCUT2D eigenvalue weighted by Gasteiger charge is -2.31. The van der Waals surface area contributed by atoms with Crippen molar-refractivity contribution in [2.45, 2.75) is 26.4 Å². The molecule has 0 unspecified atom stereocenters. The third-order valence-corrected chi connectivity index (χ3v) is 5.78. The molecular formula is C21H26FN3O4S. The van der Waals surface area contributed by atoms with Gasteiger partial charge in [0.05, 0.1) is 11.9 Å². The molecule has 0 aliphatic heterocycles. The molecule has 0 aromatic heterocycles. The second kappa shape index (κ2) is 9.71. The first kappa shape index (κ1) is 23.3. The molecular weight excluding hydrogens is 409 g/mol. The molecule has 0 saturated heterocycles. The molecule has 2 aromatic carbocycles. The molecule has 30 heavy (non-hydrogen) atoms. The Labute approximate surface area is 176 Å². The first-order chi connectivity index (χ1) is 14.0. The highest BCUT2D eigenvalue weighted by molar-refractivity contribution is 7.92. The van der Waals surface area contributed by atoms with E-state index >= 15 is 0 Å². The Morgan fingerprint density at radius 2 is 1.77 bits per heavy atom. The standard InChI is InChI=1S/C21H26FN3O4S/c1-15-6-5-7-17(12-15)13-24(16(2)21(27)23-3)20(26)14-25(30(4,28)29)19-10-8-18(22)9-11-19/h5-12,16H,13-14H2,1-4H3,(H,23,27)/t16-/m0/s1. The highest BCUT2D eigenvalue weighted by Gasteiger charge is 2.29. The number of likely N-dealkylation sites (N-methyl/N-ethyl adjacent to an activating group) is 1. The summed E-state index contributed by atoms with van der Waals surface area (Å²) in [7, 11) is -2.36. The minimum absolute atomic E-state index is 0.135. The van der Waals surface area contributed by atoms with Gasteiger partial charge in [-0.25, -0.2) is 12.8 Å². The normalized spacial score (nSPS) is 12.2. The lowest BCUT2D eigenvalue weighted by atomic mass is 10.1. The molecule has 0 aliphatic carbocycles. The molecule has 2 amide bonds. The van der Waals surface area contributed by atoms with E-state index in [1.807, 2.05) is 31.2 Å². The maximum Gasteiger partial charge on any atom is 0.244 e. The Kier molecular flexibility index (Phi) is 7.55. The molecule has 0 spiro atoms. The van der Waals surface area contributed by atoms with Crippen LogP contribution in [0.3, 0.4) is 0 Å². The van der Waals surface area contributed by atoms with E-state index in [9.17, 15) is 22.4 Å². The third-order valence-electron chi connectivity index (χ3n) is 4.64. The molecule has 7 nitrogen and oxygen atoms in total. The lowest BCUT2D eigenvalue weighted by molar-refractivity contribution is -0.139. The average Bonchev–Trinajstić information content (AvgIpc) is 2.69. The lowest BCUT2D eigenvalue weighted by Crippen LogP contribution is -2.50. The number of benzene rings is 2. The van der Waals surface area contributed by atoms with Gasteiger partial charge in [0.1, 0.15) is 18.4 Å². The number of carbonyl (C=O) groups is 2. The Bertz CT molecular complexity index is 1010. The van der Waals surface area contributed by atoms with Crippen LogP contribution in [0.4, 0.5) is 10.1 Å². The van der Waals surface area contributed by atoms with Gasteiger partial charge >= 0.3 is 0 Å². The minimum Gasteiger partial charge on any atom is -0.357 e. The SMILES string of the molecule is CNC(=O)[C@H](C)N(Cc1cccc(C)c1)C(=O)CN(c1ccc(F)cc1)S(C)(=O)=O. The summed E-state index contributed by atoms with van der Waals surface area (Å²) >= 11 is 0. The van der Waals surface area contributed by atoms with Crippen molar-refractivity contribution >= 4 is 27.5 Å². The number of halogens is 1. The summed E-state index contributed by atoms with van der Waals surface area (Å²) in [5.74, 6) is -1.45. The van der Waals surface area contributed by atoms with E-state index in [4.69, 9.17) is 0 Å². The average molecular weight is 436 g/mol. The summed E-state index contributed by atoms with van der Waals surface area (Å²) in [6, 6.07) is 11.5. The van der Waals surface area contributed by atoms with E-state index in [0.717, 1.165) is 33.8 Å². The van der Waals surface area contributed by atoms with Crippen molar-refractivity contribution in [3.05, 3.63) is 65.5 Å². The molecule has 1 N–H and O–H groups in total. The second-order valence-corrected chi connectivity index (χ2v) is 8.95. The first-order valence-corrected chi connectivity index (χ1v) is 11.2. The summed E-state index contributed by atoms with van der Waals surface area (Å²) in [6.45, 7) is 3.11. The van der Waals surface area contributed by atoms with Crippen molar-refractivity contribution in [3.63, 3.8) is 0 Å². The molecule has 9 heteroatoms. The summed E-state index contributed by atoms with van der Waals surface area (Å²) in [6.07, 6.45) is 0.969. The Morgan fingerprint density at radius 1 is 1.13 bits per heavy atom. The predicted octanol–water partition coefficient (Wildman–Crippen LogP) is 2.06. The van der Waals surface area contributed by atoms with Gasteiger partial charge < -0.3 is 10.2 Å². The zero-order valence-corrected chi connectivity index (χ0v) is 18.2. The number of carbonyl (C=O) groups excluding carboxylic acids is 2. The van der Waals surface area contributed by atoms with Crippen LogP contribution in [0, 0.1) is 12.7 Å². The predicted molar refractivity (Wildman–Crippen MR) is 114 cm³/mol. The summed E-state index contributed by atoms with van der Waals surface area (Å²) in [4.78, 5) is 26.7. The van der Waals surface area contributed by atoms with Gasteiger partial charge in [0.2, 0.25) is 21.8 Å². The number of nitrogens with one attached hydrogen (secondary N) is 1. The fourth-order valence-electron chi connectivity index (χ4n) is 3.02. The van der Waals surface area contributed by atoms with Gasteiger partial charge in [-0.1, -0.05) is 29.8 Å². The van der Waals surface area contributed by atoms with Crippen LogP contribution in [-0.4, -0.2) is 51.0 Å². The van der Waals surface area contributed by atoms with Crippen molar-refractivity contribution in [2.75, 3.05) is 24.2 Å². The largest absolute Gasteiger partial charge is 0.357 e. The van der Waals surface area contributed by atoms with Crippen LogP contribution >= 0.6 is 0 Å². The zero-order valence-electron chi connectivity index (χ0n) is 17.4. The van der Waals surface area contributed by atoms with Crippen molar-refractivity contribution < 1.29 is 22.4 Å². The van der Waals surface area contributed by atoms with Crippen molar-refractivity contribution in [1.82, 2.24) is 10.2 Å². The fourth-order valence-corrected chi connectivity index (χ4v) is 3.87. The minimum atomic E-state index is -3.83. The number of hydrogen-bond acceptors (Lipinski definition) is 4. The molecule has 1 atom stereocenters. The Hall–Kier alpha value is -2.94. The molecule has 2 aromatic rings.